The van der Waals surface area contributed by atoms with Gasteiger partial charge < -0.3 is 45.7 Å². The van der Waals surface area contributed by atoms with Gasteiger partial charge >= 0.3 is 5.97 Å². The van der Waals surface area contributed by atoms with Gasteiger partial charge in [0.15, 0.2) is 12.4 Å². The predicted octanol–water partition coefficient (Wildman–Crippen LogP) is -1.63. The summed E-state index contributed by atoms with van der Waals surface area (Å²) >= 11 is 0. The van der Waals surface area contributed by atoms with Crippen molar-refractivity contribution in [3.63, 3.8) is 0 Å². The molecule has 1 aliphatic rings. The molecule has 1 aromatic rings. The molecule has 0 radical (unpaired) electrons. The number of primary amides is 1. The number of nitrogens with one attached hydrogen (secondary N) is 1. The average Bonchev–Trinajstić information content (AvgIpc) is 2.70. The number of aliphatic hydroxyl groups is 3. The molecule has 0 saturated carbocycles. The van der Waals surface area contributed by atoms with E-state index in [9.17, 15) is 30.0 Å². The van der Waals surface area contributed by atoms with Gasteiger partial charge in [-0.05, 0) is 17.7 Å². The average molecular weight is 442 g/mol. The van der Waals surface area contributed by atoms with E-state index in [2.05, 4.69) is 5.32 Å². The molecule has 11 heteroatoms. The molecule has 11 nitrogen and oxygen atoms in total. The second kappa shape index (κ2) is 11.4. The fraction of sp³-hybridized carbons (Fsp3) is 0.600. The van der Waals surface area contributed by atoms with Gasteiger partial charge in [0.05, 0.1) is 6.42 Å². The number of aliphatic carboxylic acids is 1. The van der Waals surface area contributed by atoms with Crippen molar-refractivity contribution >= 4 is 11.9 Å². The van der Waals surface area contributed by atoms with Gasteiger partial charge in [0.25, 0.3) is 0 Å². The topological polar surface area (TPSA) is 181 Å². The van der Waals surface area contributed by atoms with E-state index in [0.717, 1.165) is 5.56 Å². The lowest BCUT2D eigenvalue weighted by atomic mass is 9.99. The second-order valence-electron chi connectivity index (χ2n) is 7.65. The maximum atomic E-state index is 11.3. The maximum Gasteiger partial charge on any atom is 0.335 e. The van der Waals surface area contributed by atoms with Crippen LogP contribution in [-0.2, 0) is 25.5 Å². The standard InChI is InChI=1S/C20H30N2O9/c1-10(2)22-8-13(9-29-12-5-3-11(4-6-12)7-14(21)23)30-20-17(26)15(24)16(25)18(31-20)19(27)28/h3-6,10,13,15-18,20,22,24-26H,7-9H2,1-2H3,(H2,21,23)(H,27,28). The lowest BCUT2D eigenvalue weighted by molar-refractivity contribution is -0.305. The minimum atomic E-state index is -1.80. The zero-order valence-electron chi connectivity index (χ0n) is 17.4. The van der Waals surface area contributed by atoms with Crippen molar-refractivity contribution in [2.45, 2.75) is 63.1 Å². The minimum Gasteiger partial charge on any atom is -0.491 e. The molecule has 1 heterocycles. The number of aliphatic hydroxyl groups excluding tert-OH is 3. The molecule has 1 fully saturated rings. The van der Waals surface area contributed by atoms with Crippen LogP contribution >= 0.6 is 0 Å². The number of amides is 1. The van der Waals surface area contributed by atoms with E-state index in [1.54, 1.807) is 24.3 Å². The predicted molar refractivity (Wildman–Crippen MR) is 107 cm³/mol. The van der Waals surface area contributed by atoms with Crippen molar-refractivity contribution < 1.29 is 44.2 Å². The molecule has 1 aromatic carbocycles. The summed E-state index contributed by atoms with van der Waals surface area (Å²) in [6.07, 6.45) is -9.02. The molecule has 31 heavy (non-hydrogen) atoms. The summed E-state index contributed by atoms with van der Waals surface area (Å²) in [5, 5.41) is 42.2. The third kappa shape index (κ3) is 7.42. The molecule has 0 aromatic heterocycles. The summed E-state index contributed by atoms with van der Waals surface area (Å²) in [6.45, 7) is 4.13. The highest BCUT2D eigenvalue weighted by Crippen LogP contribution is 2.23. The Morgan fingerprint density at radius 2 is 1.77 bits per heavy atom. The number of rotatable bonds is 11. The molecular formula is C20H30N2O9. The number of carboxylic acid groups (broad SMARTS) is 1. The van der Waals surface area contributed by atoms with Crippen LogP contribution in [0.4, 0.5) is 0 Å². The van der Waals surface area contributed by atoms with Crippen molar-refractivity contribution in [3.05, 3.63) is 29.8 Å². The lowest BCUT2D eigenvalue weighted by Crippen LogP contribution is -2.61. The van der Waals surface area contributed by atoms with Crippen LogP contribution in [0.2, 0.25) is 0 Å². The molecule has 7 N–H and O–H groups in total. The number of hydrogen-bond donors (Lipinski definition) is 6. The largest absolute Gasteiger partial charge is 0.491 e. The summed E-state index contributed by atoms with van der Waals surface area (Å²) in [7, 11) is 0. The number of carbonyl (C=O) groups excluding carboxylic acids is 1. The zero-order valence-corrected chi connectivity index (χ0v) is 17.4. The first kappa shape index (κ1) is 25.0. The molecule has 6 atom stereocenters. The van der Waals surface area contributed by atoms with E-state index >= 15 is 0 Å². The summed E-state index contributed by atoms with van der Waals surface area (Å²) in [4.78, 5) is 22.3. The van der Waals surface area contributed by atoms with Gasteiger partial charge in [-0.25, -0.2) is 4.79 Å². The van der Waals surface area contributed by atoms with E-state index in [1.807, 2.05) is 13.8 Å². The molecule has 6 unspecified atom stereocenters. The molecular weight excluding hydrogens is 412 g/mol. The van der Waals surface area contributed by atoms with E-state index in [1.165, 1.54) is 0 Å². The maximum absolute atomic E-state index is 11.3. The van der Waals surface area contributed by atoms with Crippen LogP contribution in [0.3, 0.4) is 0 Å². The normalized spacial score (nSPS) is 27.1. The van der Waals surface area contributed by atoms with E-state index in [4.69, 9.17) is 19.9 Å². The highest BCUT2D eigenvalue weighted by molar-refractivity contribution is 5.76. The minimum absolute atomic E-state index is 0.0118. The summed E-state index contributed by atoms with van der Waals surface area (Å²) in [5.74, 6) is -1.44. The third-order valence-electron chi connectivity index (χ3n) is 4.63. The molecule has 1 amide bonds. The first-order valence-electron chi connectivity index (χ1n) is 9.89. The van der Waals surface area contributed by atoms with Crippen molar-refractivity contribution in [1.82, 2.24) is 5.32 Å². The number of carbonyl (C=O) groups is 2. The van der Waals surface area contributed by atoms with Crippen LogP contribution in [0.25, 0.3) is 0 Å². The first-order valence-corrected chi connectivity index (χ1v) is 9.89. The van der Waals surface area contributed by atoms with Crippen LogP contribution < -0.4 is 15.8 Å². The Labute approximate surface area is 179 Å². The van der Waals surface area contributed by atoms with Gasteiger partial charge in [0.1, 0.15) is 36.8 Å². The Bertz CT molecular complexity index is 728. The third-order valence-corrected chi connectivity index (χ3v) is 4.63. The number of nitrogens with two attached hydrogens (primary N) is 1. The van der Waals surface area contributed by atoms with E-state index in [-0.39, 0.29) is 25.6 Å². The van der Waals surface area contributed by atoms with E-state index < -0.39 is 48.7 Å². The van der Waals surface area contributed by atoms with Gasteiger partial charge in [-0.1, -0.05) is 26.0 Å². The van der Waals surface area contributed by atoms with Crippen molar-refractivity contribution in [1.29, 1.82) is 0 Å². The van der Waals surface area contributed by atoms with Crippen molar-refractivity contribution in [3.8, 4) is 5.75 Å². The highest BCUT2D eigenvalue weighted by Gasteiger charge is 2.48. The Morgan fingerprint density at radius 3 is 2.32 bits per heavy atom. The van der Waals surface area contributed by atoms with Crippen molar-refractivity contribution in [2.24, 2.45) is 5.73 Å². The van der Waals surface area contributed by atoms with E-state index in [0.29, 0.717) is 5.75 Å². The van der Waals surface area contributed by atoms with Gasteiger partial charge in [-0.2, -0.15) is 0 Å². The Hall–Kier alpha value is -2.28. The molecule has 0 spiro atoms. The Kier molecular flexibility index (Phi) is 9.16. The fourth-order valence-electron chi connectivity index (χ4n) is 2.96. The number of hydrogen-bond acceptors (Lipinski definition) is 9. The van der Waals surface area contributed by atoms with Crippen LogP contribution in [0.1, 0.15) is 19.4 Å². The second-order valence-corrected chi connectivity index (χ2v) is 7.65. The molecule has 1 aliphatic heterocycles. The van der Waals surface area contributed by atoms with Crippen molar-refractivity contribution in [2.75, 3.05) is 13.2 Å². The molecule has 1 saturated heterocycles. The summed E-state index contributed by atoms with van der Waals surface area (Å²) < 4.78 is 16.6. The smallest absolute Gasteiger partial charge is 0.335 e. The van der Waals surface area contributed by atoms with Crippen LogP contribution in [0.15, 0.2) is 24.3 Å². The van der Waals surface area contributed by atoms with Crippen LogP contribution in [0.5, 0.6) is 5.75 Å². The first-order chi connectivity index (χ1) is 14.6. The van der Waals surface area contributed by atoms with Gasteiger partial charge in [-0.3, -0.25) is 4.79 Å². The van der Waals surface area contributed by atoms with Gasteiger partial charge in [-0.15, -0.1) is 0 Å². The summed E-state index contributed by atoms with van der Waals surface area (Å²) in [6, 6.07) is 6.84. The fourth-order valence-corrected chi connectivity index (χ4v) is 2.96. The highest BCUT2D eigenvalue weighted by atomic mass is 16.7. The lowest BCUT2D eigenvalue weighted by Gasteiger charge is -2.39. The monoisotopic (exact) mass is 442 g/mol. The number of carboxylic acids is 1. The molecule has 2 rings (SSSR count). The Morgan fingerprint density at radius 1 is 1.13 bits per heavy atom. The van der Waals surface area contributed by atoms with Crippen LogP contribution in [-0.4, -0.2) is 88.3 Å². The number of benzene rings is 1. The number of ether oxygens (including phenoxy) is 3. The molecule has 0 bridgehead atoms. The molecule has 174 valence electrons. The zero-order chi connectivity index (χ0) is 23.1. The van der Waals surface area contributed by atoms with Gasteiger partial charge in [0, 0.05) is 12.6 Å². The summed E-state index contributed by atoms with van der Waals surface area (Å²) in [5.41, 5.74) is 5.91. The van der Waals surface area contributed by atoms with Crippen LogP contribution in [0, 0.1) is 0 Å². The quantitative estimate of drug-likeness (QED) is 0.233. The Balaban J connectivity index is 2.03. The molecule has 0 aliphatic carbocycles. The van der Waals surface area contributed by atoms with Gasteiger partial charge in [0.2, 0.25) is 5.91 Å². The SMILES string of the molecule is CC(C)NCC(COc1ccc(CC(N)=O)cc1)OC1OC(C(=O)O)C(O)C(O)C1O.